The number of nitrogens with zero attached hydrogens (tertiary/aromatic N) is 3. The molecule has 0 atom stereocenters. The Morgan fingerprint density at radius 2 is 1.93 bits per heavy atom. The Hall–Kier alpha value is -2.86. The third-order valence-corrected chi connectivity index (χ3v) is 4.72. The molecule has 2 heterocycles. The van der Waals surface area contributed by atoms with Gasteiger partial charge in [0.1, 0.15) is 11.6 Å². The van der Waals surface area contributed by atoms with Crippen molar-refractivity contribution in [1.29, 1.82) is 0 Å². The van der Waals surface area contributed by atoms with Crippen molar-refractivity contribution in [3.05, 3.63) is 82.7 Å². The number of aromatic nitrogens is 2. The van der Waals surface area contributed by atoms with Crippen LogP contribution in [0.25, 0.3) is 0 Å². The predicted octanol–water partition coefficient (Wildman–Crippen LogP) is 4.37. The van der Waals surface area contributed by atoms with E-state index in [0.29, 0.717) is 5.95 Å². The average Bonchev–Trinajstić information content (AvgIpc) is 2.66. The zero-order chi connectivity index (χ0) is 18.8. The van der Waals surface area contributed by atoms with E-state index in [4.69, 9.17) is 0 Å². The van der Waals surface area contributed by atoms with Crippen molar-refractivity contribution in [2.45, 2.75) is 26.4 Å². The Labute approximate surface area is 156 Å². The zero-order valence-electron chi connectivity index (χ0n) is 15.0. The predicted molar refractivity (Wildman–Crippen MR) is 101 cm³/mol. The first-order chi connectivity index (χ1) is 13.1. The van der Waals surface area contributed by atoms with E-state index in [2.05, 4.69) is 51.4 Å². The number of hydrogen-bond acceptors (Lipinski definition) is 4. The van der Waals surface area contributed by atoms with Crippen LogP contribution in [0.1, 0.15) is 22.4 Å². The van der Waals surface area contributed by atoms with Crippen molar-refractivity contribution >= 4 is 11.6 Å². The summed E-state index contributed by atoms with van der Waals surface area (Å²) in [6.45, 7) is 4.67. The molecule has 4 nitrogen and oxygen atoms in total. The Bertz CT molecular complexity index is 957. The summed E-state index contributed by atoms with van der Waals surface area (Å²) in [5.74, 6) is -0.954. The highest BCUT2D eigenvalue weighted by Crippen LogP contribution is 2.22. The van der Waals surface area contributed by atoms with E-state index in [1.54, 1.807) is 6.20 Å². The van der Waals surface area contributed by atoms with Crippen molar-refractivity contribution in [2.24, 2.45) is 0 Å². The molecule has 1 N–H and O–H groups in total. The molecule has 3 aromatic rings. The average molecular weight is 366 g/mol. The molecule has 0 aliphatic carbocycles. The molecule has 0 amide bonds. The van der Waals surface area contributed by atoms with Crippen LogP contribution in [-0.2, 0) is 19.5 Å². The van der Waals surface area contributed by atoms with Crippen LogP contribution in [0.3, 0.4) is 0 Å². The van der Waals surface area contributed by atoms with Gasteiger partial charge in [0.2, 0.25) is 5.95 Å². The summed E-state index contributed by atoms with van der Waals surface area (Å²) in [7, 11) is 0. The van der Waals surface area contributed by atoms with E-state index in [1.807, 2.05) is 0 Å². The first-order valence-electron chi connectivity index (χ1n) is 8.91. The van der Waals surface area contributed by atoms with Crippen molar-refractivity contribution in [1.82, 2.24) is 14.9 Å². The van der Waals surface area contributed by atoms with Gasteiger partial charge in [-0.3, -0.25) is 4.90 Å². The van der Waals surface area contributed by atoms with Crippen LogP contribution in [0.2, 0.25) is 0 Å². The van der Waals surface area contributed by atoms with Gasteiger partial charge in [-0.25, -0.2) is 18.7 Å². The van der Waals surface area contributed by atoms with Gasteiger partial charge in [0.05, 0.1) is 11.4 Å². The lowest BCUT2D eigenvalue weighted by molar-refractivity contribution is 0.243. The first kappa shape index (κ1) is 17.5. The molecule has 1 aliphatic heterocycles. The van der Waals surface area contributed by atoms with Crippen LogP contribution >= 0.6 is 0 Å². The molecular weight excluding hydrogens is 346 g/mol. The lowest BCUT2D eigenvalue weighted by Crippen LogP contribution is -2.31. The van der Waals surface area contributed by atoms with E-state index >= 15 is 0 Å². The SMILES string of the molecule is Cc1ccc(CN2CCc3nc(Nc4ccc(F)cc4F)ncc3C2)cc1. The normalized spacial score (nSPS) is 14.0. The van der Waals surface area contributed by atoms with Crippen LogP contribution in [0.4, 0.5) is 20.4 Å². The highest BCUT2D eigenvalue weighted by molar-refractivity contribution is 5.54. The second-order valence-corrected chi connectivity index (χ2v) is 6.86. The van der Waals surface area contributed by atoms with Gasteiger partial charge >= 0.3 is 0 Å². The zero-order valence-corrected chi connectivity index (χ0v) is 15.0. The molecule has 0 fully saturated rings. The molecule has 0 bridgehead atoms. The minimum absolute atomic E-state index is 0.160. The summed E-state index contributed by atoms with van der Waals surface area (Å²) in [5, 5.41) is 2.83. The molecule has 6 heteroatoms. The molecule has 138 valence electrons. The number of benzene rings is 2. The molecule has 0 spiro atoms. The Kier molecular flexibility index (Phi) is 4.81. The minimum Gasteiger partial charge on any atom is -0.322 e. The van der Waals surface area contributed by atoms with Crippen LogP contribution < -0.4 is 5.32 Å². The molecule has 1 aromatic heterocycles. The molecule has 0 unspecified atom stereocenters. The lowest BCUT2D eigenvalue weighted by atomic mass is 10.1. The quantitative estimate of drug-likeness (QED) is 0.745. The number of aryl methyl sites for hydroxylation is 1. The monoisotopic (exact) mass is 366 g/mol. The van der Waals surface area contributed by atoms with Crippen LogP contribution in [0, 0.1) is 18.6 Å². The summed E-state index contributed by atoms with van der Waals surface area (Å²) in [6, 6.07) is 12.0. The van der Waals surface area contributed by atoms with Crippen molar-refractivity contribution < 1.29 is 8.78 Å². The third kappa shape index (κ3) is 4.11. The number of anilines is 2. The number of hydrogen-bond donors (Lipinski definition) is 1. The Morgan fingerprint density at radius 3 is 2.70 bits per heavy atom. The highest BCUT2D eigenvalue weighted by atomic mass is 19.1. The molecule has 0 saturated carbocycles. The molecular formula is C21H20F2N4. The molecule has 27 heavy (non-hydrogen) atoms. The maximum atomic E-state index is 13.8. The molecule has 0 saturated heterocycles. The summed E-state index contributed by atoms with van der Waals surface area (Å²) in [4.78, 5) is 11.2. The second kappa shape index (κ2) is 7.40. The molecule has 1 aliphatic rings. The van der Waals surface area contributed by atoms with Crippen molar-refractivity contribution in [2.75, 3.05) is 11.9 Å². The maximum absolute atomic E-state index is 13.8. The van der Waals surface area contributed by atoms with Crippen LogP contribution in [0.15, 0.2) is 48.7 Å². The van der Waals surface area contributed by atoms with Gasteiger partial charge in [0, 0.05) is 43.9 Å². The number of rotatable bonds is 4. The van der Waals surface area contributed by atoms with Gasteiger partial charge in [0.25, 0.3) is 0 Å². The standard InChI is InChI=1S/C21H20F2N4/c1-14-2-4-15(5-3-14)12-27-9-8-19-16(13-27)11-24-21(25-19)26-20-7-6-17(22)10-18(20)23/h2-7,10-11H,8-9,12-13H2,1H3,(H,24,25,26). The fourth-order valence-electron chi connectivity index (χ4n) is 3.23. The lowest BCUT2D eigenvalue weighted by Gasteiger charge is -2.28. The van der Waals surface area contributed by atoms with Gasteiger partial charge in [-0.2, -0.15) is 0 Å². The van der Waals surface area contributed by atoms with E-state index < -0.39 is 11.6 Å². The Balaban J connectivity index is 1.45. The van der Waals surface area contributed by atoms with E-state index in [9.17, 15) is 8.78 Å². The molecule has 0 radical (unpaired) electrons. The van der Waals surface area contributed by atoms with Gasteiger partial charge < -0.3 is 5.32 Å². The van der Waals surface area contributed by atoms with Gasteiger partial charge in [-0.1, -0.05) is 29.8 Å². The topological polar surface area (TPSA) is 41.1 Å². The summed E-state index contributed by atoms with van der Waals surface area (Å²) >= 11 is 0. The van der Waals surface area contributed by atoms with Crippen LogP contribution in [-0.4, -0.2) is 21.4 Å². The first-order valence-corrected chi connectivity index (χ1v) is 8.91. The van der Waals surface area contributed by atoms with E-state index in [0.717, 1.165) is 43.4 Å². The summed E-state index contributed by atoms with van der Waals surface area (Å²) < 4.78 is 26.8. The fourth-order valence-corrected chi connectivity index (χ4v) is 3.23. The molecule has 4 rings (SSSR count). The highest BCUT2D eigenvalue weighted by Gasteiger charge is 2.19. The third-order valence-electron chi connectivity index (χ3n) is 4.72. The summed E-state index contributed by atoms with van der Waals surface area (Å²) in [5.41, 5.74) is 4.76. The van der Waals surface area contributed by atoms with Crippen molar-refractivity contribution in [3.8, 4) is 0 Å². The number of fused-ring (bicyclic) bond motifs is 1. The fraction of sp³-hybridized carbons (Fsp3) is 0.238. The molecule has 2 aromatic carbocycles. The second-order valence-electron chi connectivity index (χ2n) is 6.86. The van der Waals surface area contributed by atoms with E-state index in [1.165, 1.54) is 23.3 Å². The maximum Gasteiger partial charge on any atom is 0.227 e. The van der Waals surface area contributed by atoms with Gasteiger partial charge in [-0.05, 0) is 24.6 Å². The van der Waals surface area contributed by atoms with E-state index in [-0.39, 0.29) is 5.69 Å². The van der Waals surface area contributed by atoms with Gasteiger partial charge in [0.15, 0.2) is 0 Å². The van der Waals surface area contributed by atoms with Crippen molar-refractivity contribution in [3.63, 3.8) is 0 Å². The van der Waals surface area contributed by atoms with Crippen LogP contribution in [0.5, 0.6) is 0 Å². The Morgan fingerprint density at radius 1 is 1.11 bits per heavy atom. The summed E-state index contributed by atoms with van der Waals surface area (Å²) in [6.07, 6.45) is 2.59. The largest absolute Gasteiger partial charge is 0.322 e. The number of halogens is 2. The number of nitrogens with one attached hydrogen (secondary N) is 1. The minimum atomic E-state index is -0.666. The smallest absolute Gasteiger partial charge is 0.227 e. The van der Waals surface area contributed by atoms with Gasteiger partial charge in [-0.15, -0.1) is 0 Å².